The van der Waals surface area contributed by atoms with Crippen molar-refractivity contribution in [2.75, 3.05) is 11.0 Å². The number of aryl methyl sites for hydroxylation is 1. The van der Waals surface area contributed by atoms with Gasteiger partial charge in [-0.3, -0.25) is 4.72 Å². The molecule has 0 aliphatic carbocycles. The van der Waals surface area contributed by atoms with Crippen LogP contribution in [0.1, 0.15) is 5.56 Å². The van der Waals surface area contributed by atoms with Gasteiger partial charge in [-0.25, -0.2) is 12.8 Å². The summed E-state index contributed by atoms with van der Waals surface area (Å²) >= 11 is 5.77. The molecule has 0 saturated carbocycles. The first kappa shape index (κ1) is 14.8. The smallest absolute Gasteiger partial charge is 0.229 e. The van der Waals surface area contributed by atoms with Crippen LogP contribution in [0.15, 0.2) is 36.4 Å². The van der Waals surface area contributed by atoms with Gasteiger partial charge in [0.2, 0.25) is 10.0 Å². The molecule has 0 bridgehead atoms. The lowest BCUT2D eigenvalue weighted by Crippen LogP contribution is -2.09. The molecule has 3 nitrogen and oxygen atoms in total. The summed E-state index contributed by atoms with van der Waals surface area (Å²) < 4.78 is 37.9. The van der Waals surface area contributed by atoms with E-state index in [1.807, 2.05) is 6.92 Å². The molecule has 0 radical (unpaired) electrons. The molecule has 0 unspecified atom stereocenters. The van der Waals surface area contributed by atoms with Crippen LogP contribution in [0.4, 0.5) is 10.1 Å². The van der Waals surface area contributed by atoms with Crippen molar-refractivity contribution in [3.63, 3.8) is 0 Å². The molecule has 2 aromatic carbocycles. The maximum Gasteiger partial charge on any atom is 0.229 e. The highest BCUT2D eigenvalue weighted by molar-refractivity contribution is 7.92. The minimum Gasteiger partial charge on any atom is -0.284 e. The fraction of sp³-hybridized carbons (Fsp3) is 0.143. The molecule has 20 heavy (non-hydrogen) atoms. The predicted octanol–water partition coefficient (Wildman–Crippen LogP) is 3.83. The van der Waals surface area contributed by atoms with Crippen LogP contribution in [-0.2, 0) is 10.0 Å². The Labute approximate surface area is 122 Å². The van der Waals surface area contributed by atoms with Crippen molar-refractivity contribution in [2.24, 2.45) is 0 Å². The first-order chi connectivity index (χ1) is 9.26. The van der Waals surface area contributed by atoms with E-state index in [9.17, 15) is 12.8 Å². The Morgan fingerprint density at radius 2 is 1.85 bits per heavy atom. The second kappa shape index (κ2) is 5.42. The Balaban J connectivity index is 2.41. The van der Waals surface area contributed by atoms with Gasteiger partial charge < -0.3 is 0 Å². The zero-order valence-corrected chi connectivity index (χ0v) is 12.5. The molecule has 0 aromatic heterocycles. The number of rotatable bonds is 3. The number of halogens is 2. The average Bonchev–Trinajstić information content (AvgIpc) is 2.31. The van der Waals surface area contributed by atoms with Crippen molar-refractivity contribution in [3.05, 3.63) is 52.8 Å². The van der Waals surface area contributed by atoms with Gasteiger partial charge in [0.15, 0.2) is 0 Å². The molecule has 6 heteroatoms. The van der Waals surface area contributed by atoms with E-state index in [0.717, 1.165) is 22.9 Å². The fourth-order valence-electron chi connectivity index (χ4n) is 1.93. The van der Waals surface area contributed by atoms with Gasteiger partial charge in [-0.1, -0.05) is 23.7 Å². The van der Waals surface area contributed by atoms with Gasteiger partial charge in [0, 0.05) is 5.69 Å². The summed E-state index contributed by atoms with van der Waals surface area (Å²) in [5.41, 5.74) is 2.99. The number of hydrogen-bond donors (Lipinski definition) is 1. The van der Waals surface area contributed by atoms with Crippen molar-refractivity contribution in [1.82, 2.24) is 0 Å². The van der Waals surface area contributed by atoms with Gasteiger partial charge in [-0.15, -0.1) is 0 Å². The van der Waals surface area contributed by atoms with Gasteiger partial charge in [0.25, 0.3) is 0 Å². The minimum atomic E-state index is -3.30. The third-order valence-corrected chi connectivity index (χ3v) is 3.66. The summed E-state index contributed by atoms with van der Waals surface area (Å²) in [6.07, 6.45) is 1.09. The summed E-state index contributed by atoms with van der Waals surface area (Å²) in [4.78, 5) is 0. The summed E-state index contributed by atoms with van der Waals surface area (Å²) in [6.45, 7) is 1.85. The summed E-state index contributed by atoms with van der Waals surface area (Å²) in [6, 6.07) is 9.62. The number of nitrogens with one attached hydrogen (secondary N) is 1. The molecular weight excluding hydrogens is 301 g/mol. The van der Waals surface area contributed by atoms with E-state index in [2.05, 4.69) is 4.72 Å². The highest BCUT2D eigenvalue weighted by Crippen LogP contribution is 2.29. The van der Waals surface area contributed by atoms with Gasteiger partial charge in [-0.05, 0) is 47.9 Å². The fourth-order valence-corrected chi connectivity index (χ4v) is 2.66. The molecule has 0 atom stereocenters. The second-order valence-corrected chi connectivity index (χ2v) is 6.69. The Morgan fingerprint density at radius 1 is 1.15 bits per heavy atom. The normalized spacial score (nSPS) is 11.4. The predicted molar refractivity (Wildman–Crippen MR) is 80.0 cm³/mol. The standard InChI is InChI=1S/C14H13ClFNO2S/c1-9-7-11(17-20(2,18)19)4-5-12(9)10-3-6-14(16)13(15)8-10/h3-8,17H,1-2H3. The van der Waals surface area contributed by atoms with Crippen LogP contribution >= 0.6 is 11.6 Å². The molecule has 106 valence electrons. The van der Waals surface area contributed by atoms with Gasteiger partial charge in [-0.2, -0.15) is 0 Å². The third kappa shape index (κ3) is 3.49. The van der Waals surface area contributed by atoms with Crippen LogP contribution in [0.3, 0.4) is 0 Å². The van der Waals surface area contributed by atoms with E-state index in [1.165, 1.54) is 6.07 Å². The van der Waals surface area contributed by atoms with Crippen LogP contribution in [0.2, 0.25) is 5.02 Å². The van der Waals surface area contributed by atoms with E-state index < -0.39 is 15.8 Å². The molecule has 0 aliphatic heterocycles. The number of anilines is 1. The maximum absolute atomic E-state index is 13.2. The second-order valence-electron chi connectivity index (χ2n) is 4.53. The molecule has 0 fully saturated rings. The molecule has 0 amide bonds. The monoisotopic (exact) mass is 313 g/mol. The number of benzene rings is 2. The molecule has 0 aliphatic rings. The average molecular weight is 314 g/mol. The van der Waals surface area contributed by atoms with E-state index in [4.69, 9.17) is 11.6 Å². The van der Waals surface area contributed by atoms with Crippen LogP contribution in [0, 0.1) is 12.7 Å². The molecular formula is C14H13ClFNO2S. The Hall–Kier alpha value is -1.59. The Kier molecular flexibility index (Phi) is 4.01. The summed E-state index contributed by atoms with van der Waals surface area (Å²) in [5.74, 6) is -0.469. The number of sulfonamides is 1. The van der Waals surface area contributed by atoms with Crippen molar-refractivity contribution in [1.29, 1.82) is 0 Å². The van der Waals surface area contributed by atoms with E-state index in [-0.39, 0.29) is 5.02 Å². The largest absolute Gasteiger partial charge is 0.284 e. The van der Waals surface area contributed by atoms with Crippen molar-refractivity contribution in [2.45, 2.75) is 6.92 Å². The topological polar surface area (TPSA) is 46.2 Å². The van der Waals surface area contributed by atoms with Crippen molar-refractivity contribution in [3.8, 4) is 11.1 Å². The first-order valence-electron chi connectivity index (χ1n) is 5.80. The Bertz CT molecular complexity index is 760. The number of hydrogen-bond acceptors (Lipinski definition) is 2. The summed E-state index contributed by atoms with van der Waals surface area (Å²) in [5, 5.41) is 0.0558. The lowest BCUT2D eigenvalue weighted by Gasteiger charge is -2.10. The van der Waals surface area contributed by atoms with Crippen LogP contribution in [0.5, 0.6) is 0 Å². The quantitative estimate of drug-likeness (QED) is 0.936. The van der Waals surface area contributed by atoms with Gasteiger partial charge >= 0.3 is 0 Å². The zero-order chi connectivity index (χ0) is 14.9. The van der Waals surface area contributed by atoms with E-state index in [0.29, 0.717) is 5.69 Å². The van der Waals surface area contributed by atoms with Crippen LogP contribution in [0.25, 0.3) is 11.1 Å². The van der Waals surface area contributed by atoms with Crippen LogP contribution in [-0.4, -0.2) is 14.7 Å². The molecule has 1 N–H and O–H groups in total. The molecule has 0 saturated heterocycles. The van der Waals surface area contributed by atoms with Gasteiger partial charge in [0.1, 0.15) is 5.82 Å². The van der Waals surface area contributed by atoms with Crippen molar-refractivity contribution >= 4 is 27.3 Å². The minimum absolute atomic E-state index is 0.0558. The summed E-state index contributed by atoms with van der Waals surface area (Å²) in [7, 11) is -3.30. The Morgan fingerprint density at radius 3 is 2.40 bits per heavy atom. The molecule has 2 rings (SSSR count). The molecule has 0 heterocycles. The van der Waals surface area contributed by atoms with E-state index >= 15 is 0 Å². The maximum atomic E-state index is 13.2. The molecule has 2 aromatic rings. The zero-order valence-electron chi connectivity index (χ0n) is 10.9. The lowest BCUT2D eigenvalue weighted by molar-refractivity contribution is 0.607. The van der Waals surface area contributed by atoms with E-state index in [1.54, 1.807) is 30.3 Å². The van der Waals surface area contributed by atoms with Crippen LogP contribution < -0.4 is 4.72 Å². The SMILES string of the molecule is Cc1cc(NS(C)(=O)=O)ccc1-c1ccc(F)c(Cl)c1. The lowest BCUT2D eigenvalue weighted by atomic mass is 10.00. The third-order valence-electron chi connectivity index (χ3n) is 2.76. The molecule has 0 spiro atoms. The highest BCUT2D eigenvalue weighted by Gasteiger charge is 2.08. The van der Waals surface area contributed by atoms with Crippen molar-refractivity contribution < 1.29 is 12.8 Å². The highest BCUT2D eigenvalue weighted by atomic mass is 35.5. The van der Waals surface area contributed by atoms with Gasteiger partial charge in [0.05, 0.1) is 11.3 Å². The first-order valence-corrected chi connectivity index (χ1v) is 8.07.